The first-order valence-corrected chi connectivity index (χ1v) is 5.46. The summed E-state index contributed by atoms with van der Waals surface area (Å²) in [5.74, 6) is -2.58. The van der Waals surface area contributed by atoms with E-state index in [0.29, 0.717) is 18.8 Å². The molecule has 0 rings (SSSR count). The summed E-state index contributed by atoms with van der Waals surface area (Å²) in [6.07, 6.45) is 1.30. The van der Waals surface area contributed by atoms with Crippen molar-refractivity contribution in [3.63, 3.8) is 0 Å². The predicted molar refractivity (Wildman–Crippen MR) is 62.6 cm³/mol. The van der Waals surface area contributed by atoms with Gasteiger partial charge in [-0.25, -0.2) is 4.79 Å². The number of hydrogen-bond donors (Lipinski definition) is 3. The molecule has 0 aliphatic carbocycles. The normalized spacial score (nSPS) is 11.4. The van der Waals surface area contributed by atoms with Crippen LogP contribution in [0.3, 0.4) is 0 Å². The summed E-state index contributed by atoms with van der Waals surface area (Å²) >= 11 is 0. The monoisotopic (exact) mass is 247 g/mol. The van der Waals surface area contributed by atoms with E-state index in [2.05, 4.69) is 0 Å². The number of Topliss-reactive ketones (excluding diaryl/α,β-unsaturated/α-hetero) is 1. The van der Waals surface area contributed by atoms with E-state index in [9.17, 15) is 14.4 Å². The van der Waals surface area contributed by atoms with Crippen LogP contribution in [0.5, 0.6) is 0 Å². The van der Waals surface area contributed by atoms with Crippen LogP contribution in [0.25, 0.3) is 0 Å². The molecule has 0 saturated heterocycles. The third-order valence-electron chi connectivity index (χ3n) is 1.76. The zero-order valence-electron chi connectivity index (χ0n) is 10.5. The number of carboxylic acids is 2. The molecule has 0 saturated carbocycles. The molecule has 0 aromatic carbocycles. The number of carboxylic acid groups (broad SMARTS) is 2. The van der Waals surface area contributed by atoms with Gasteiger partial charge in [-0.1, -0.05) is 20.8 Å². The van der Waals surface area contributed by atoms with Crippen LogP contribution in [0.1, 0.15) is 40.0 Å². The molecule has 0 bridgehead atoms. The molecule has 0 aromatic rings. The molecule has 0 aromatic heterocycles. The van der Waals surface area contributed by atoms with E-state index in [4.69, 9.17) is 15.9 Å². The Morgan fingerprint density at radius 2 is 1.65 bits per heavy atom. The lowest BCUT2D eigenvalue weighted by Crippen LogP contribution is -2.31. The Morgan fingerprint density at radius 1 is 1.18 bits per heavy atom. The van der Waals surface area contributed by atoms with Crippen LogP contribution in [0, 0.1) is 5.92 Å². The van der Waals surface area contributed by atoms with Crippen molar-refractivity contribution in [2.45, 2.75) is 46.1 Å². The lowest BCUT2D eigenvalue weighted by Gasteiger charge is -2.07. The van der Waals surface area contributed by atoms with E-state index in [0.717, 1.165) is 0 Å². The molecule has 0 fully saturated rings. The van der Waals surface area contributed by atoms with Gasteiger partial charge in [0, 0.05) is 6.42 Å². The van der Waals surface area contributed by atoms with Crippen molar-refractivity contribution in [3.8, 4) is 0 Å². The van der Waals surface area contributed by atoms with Crippen molar-refractivity contribution >= 4 is 17.7 Å². The summed E-state index contributed by atoms with van der Waals surface area (Å²) in [7, 11) is 0. The van der Waals surface area contributed by atoms with Gasteiger partial charge in [0.15, 0.2) is 0 Å². The molecule has 6 nitrogen and oxygen atoms in total. The number of nitrogens with two attached hydrogens (primary N) is 1. The van der Waals surface area contributed by atoms with Gasteiger partial charge in [-0.2, -0.15) is 0 Å². The molecule has 0 amide bonds. The first kappa shape index (κ1) is 17.9. The molecular weight excluding hydrogens is 226 g/mol. The number of carbonyl (C=O) groups is 3. The fourth-order valence-corrected chi connectivity index (χ4v) is 0.943. The number of rotatable bonds is 6. The van der Waals surface area contributed by atoms with Gasteiger partial charge in [-0.15, -0.1) is 0 Å². The highest BCUT2D eigenvalue weighted by Gasteiger charge is 2.11. The largest absolute Gasteiger partial charge is 0.480 e. The van der Waals surface area contributed by atoms with Crippen LogP contribution in [0.15, 0.2) is 0 Å². The molecule has 4 N–H and O–H groups in total. The quantitative estimate of drug-likeness (QED) is 0.600. The Labute approximate surface area is 101 Å². The Kier molecular flexibility index (Phi) is 10.3. The summed E-state index contributed by atoms with van der Waals surface area (Å²) in [6.45, 7) is 5.66. The fraction of sp³-hybridized carbons (Fsp3) is 0.727. The van der Waals surface area contributed by atoms with Gasteiger partial charge in [0.05, 0.1) is 0 Å². The first-order valence-electron chi connectivity index (χ1n) is 5.46. The number of ketones is 1. The molecule has 0 heterocycles. The maximum absolute atomic E-state index is 10.1. The van der Waals surface area contributed by atoms with Gasteiger partial charge in [0.25, 0.3) is 0 Å². The summed E-state index contributed by atoms with van der Waals surface area (Å²) in [4.78, 5) is 30.0. The zero-order chi connectivity index (χ0) is 14.0. The van der Waals surface area contributed by atoms with Crippen LogP contribution < -0.4 is 5.73 Å². The van der Waals surface area contributed by atoms with E-state index in [-0.39, 0.29) is 6.42 Å². The van der Waals surface area contributed by atoms with Crippen LogP contribution in [-0.2, 0) is 14.4 Å². The molecule has 17 heavy (non-hydrogen) atoms. The Hall–Kier alpha value is -1.43. The Bertz CT molecular complexity index is 263. The number of hydrogen-bond acceptors (Lipinski definition) is 4. The average molecular weight is 247 g/mol. The van der Waals surface area contributed by atoms with E-state index in [1.165, 1.54) is 0 Å². The van der Waals surface area contributed by atoms with Crippen molar-refractivity contribution < 1.29 is 24.6 Å². The van der Waals surface area contributed by atoms with Gasteiger partial charge in [0.1, 0.15) is 6.04 Å². The molecule has 1 atom stereocenters. The van der Waals surface area contributed by atoms with E-state index in [1.54, 1.807) is 6.92 Å². The zero-order valence-corrected chi connectivity index (χ0v) is 10.5. The average Bonchev–Trinajstić information content (AvgIpc) is 2.17. The van der Waals surface area contributed by atoms with Crippen LogP contribution >= 0.6 is 0 Å². The Balaban J connectivity index is 0. The third kappa shape index (κ3) is 12.5. The second kappa shape index (κ2) is 9.77. The van der Waals surface area contributed by atoms with Crippen molar-refractivity contribution in [2.75, 3.05) is 0 Å². The molecule has 0 spiro atoms. The summed E-state index contributed by atoms with van der Waals surface area (Å²) < 4.78 is 0. The molecule has 1 unspecified atom stereocenters. The topological polar surface area (TPSA) is 118 Å². The second-order valence-electron chi connectivity index (χ2n) is 4.05. The SMILES string of the molecule is CC(C)CC(N)C(=O)O.CCCC(=O)C(=O)O. The van der Waals surface area contributed by atoms with E-state index in [1.807, 2.05) is 13.8 Å². The van der Waals surface area contributed by atoms with Crippen molar-refractivity contribution in [1.82, 2.24) is 0 Å². The molecule has 0 radical (unpaired) electrons. The highest BCUT2D eigenvalue weighted by atomic mass is 16.4. The summed E-state index contributed by atoms with van der Waals surface area (Å²) in [5.41, 5.74) is 5.22. The van der Waals surface area contributed by atoms with Gasteiger partial charge < -0.3 is 15.9 Å². The second-order valence-corrected chi connectivity index (χ2v) is 4.05. The lowest BCUT2D eigenvalue weighted by atomic mass is 10.1. The minimum Gasteiger partial charge on any atom is -0.480 e. The molecule has 0 aliphatic rings. The summed E-state index contributed by atoms with van der Waals surface area (Å²) in [5, 5.41) is 16.3. The lowest BCUT2D eigenvalue weighted by molar-refractivity contribution is -0.149. The highest BCUT2D eigenvalue weighted by Crippen LogP contribution is 2.01. The molecule has 0 aliphatic heterocycles. The van der Waals surface area contributed by atoms with E-state index >= 15 is 0 Å². The van der Waals surface area contributed by atoms with Crippen LogP contribution in [0.2, 0.25) is 0 Å². The van der Waals surface area contributed by atoms with Crippen molar-refractivity contribution in [3.05, 3.63) is 0 Å². The van der Waals surface area contributed by atoms with Gasteiger partial charge in [-0.3, -0.25) is 9.59 Å². The number of carbonyl (C=O) groups excluding carboxylic acids is 1. The van der Waals surface area contributed by atoms with Crippen molar-refractivity contribution in [1.29, 1.82) is 0 Å². The van der Waals surface area contributed by atoms with Crippen molar-refractivity contribution in [2.24, 2.45) is 11.7 Å². The predicted octanol–water partition coefficient (Wildman–Crippen LogP) is 0.885. The maximum Gasteiger partial charge on any atom is 0.372 e. The van der Waals surface area contributed by atoms with Crippen LogP contribution in [-0.4, -0.2) is 34.0 Å². The standard InChI is InChI=1S/C6H13NO2.C5H8O3/c1-4(2)3-5(7)6(8)9;1-2-3-4(6)5(7)8/h4-5H,3,7H2,1-2H3,(H,8,9);2-3H2,1H3,(H,7,8). The third-order valence-corrected chi connectivity index (χ3v) is 1.76. The van der Waals surface area contributed by atoms with E-state index < -0.39 is 23.8 Å². The van der Waals surface area contributed by atoms with Crippen LogP contribution in [0.4, 0.5) is 0 Å². The molecular formula is C11H21NO5. The first-order chi connectivity index (χ1) is 7.72. The number of aliphatic carboxylic acids is 2. The summed E-state index contributed by atoms with van der Waals surface area (Å²) in [6, 6.07) is -0.690. The fourth-order valence-electron chi connectivity index (χ4n) is 0.943. The highest BCUT2D eigenvalue weighted by molar-refractivity contribution is 6.32. The van der Waals surface area contributed by atoms with Gasteiger partial charge >= 0.3 is 11.9 Å². The van der Waals surface area contributed by atoms with Gasteiger partial charge in [0.2, 0.25) is 5.78 Å². The minimum atomic E-state index is -1.33. The molecule has 6 heteroatoms. The smallest absolute Gasteiger partial charge is 0.372 e. The molecule has 100 valence electrons. The Morgan fingerprint density at radius 3 is 1.76 bits per heavy atom. The van der Waals surface area contributed by atoms with Gasteiger partial charge in [-0.05, 0) is 18.8 Å². The maximum atomic E-state index is 10.1. The minimum absolute atomic E-state index is 0.148.